The van der Waals surface area contributed by atoms with Gasteiger partial charge in [-0.1, -0.05) is 17.7 Å². The summed E-state index contributed by atoms with van der Waals surface area (Å²) < 4.78 is 10.7. The van der Waals surface area contributed by atoms with Crippen molar-refractivity contribution in [2.45, 2.75) is 19.6 Å². The average molecular weight is 327 g/mol. The Hall–Kier alpha value is -1.14. The fourth-order valence-corrected chi connectivity index (χ4v) is 2.64. The van der Waals surface area contributed by atoms with Crippen LogP contribution in [0, 0.1) is 0 Å². The third-order valence-electron chi connectivity index (χ3n) is 2.77. The first-order valence-electron chi connectivity index (χ1n) is 6.79. The van der Waals surface area contributed by atoms with Crippen LogP contribution < -0.4 is 10.1 Å². The van der Waals surface area contributed by atoms with E-state index < -0.39 is 0 Å². The number of nitrogens with zero attached hydrogens (tertiary/aromatic N) is 1. The van der Waals surface area contributed by atoms with E-state index in [1.165, 1.54) is 0 Å². The number of benzene rings is 1. The lowest BCUT2D eigenvalue weighted by atomic mass is 10.3. The minimum Gasteiger partial charge on any atom is -0.486 e. The van der Waals surface area contributed by atoms with Gasteiger partial charge in [-0.3, -0.25) is 0 Å². The van der Waals surface area contributed by atoms with Crippen LogP contribution in [0.5, 0.6) is 5.75 Å². The molecule has 4 nitrogen and oxygen atoms in total. The van der Waals surface area contributed by atoms with E-state index in [0.717, 1.165) is 42.6 Å². The van der Waals surface area contributed by atoms with Gasteiger partial charge in [0.25, 0.3) is 0 Å². The Morgan fingerprint density at radius 2 is 2.29 bits per heavy atom. The van der Waals surface area contributed by atoms with Gasteiger partial charge in [-0.05, 0) is 31.2 Å². The molecule has 0 aliphatic heterocycles. The molecular weight excluding hydrogens is 308 g/mol. The quantitative estimate of drug-likeness (QED) is 0.716. The summed E-state index contributed by atoms with van der Waals surface area (Å²) in [6, 6.07) is 7.38. The van der Waals surface area contributed by atoms with E-state index in [1.54, 1.807) is 24.5 Å². The van der Waals surface area contributed by atoms with Gasteiger partial charge < -0.3 is 14.8 Å². The number of rotatable bonds is 9. The maximum absolute atomic E-state index is 5.91. The Bertz CT molecular complexity index is 548. The fourth-order valence-electron chi connectivity index (χ4n) is 1.76. The molecular formula is C15H19ClN2O2S. The molecule has 0 unspecified atom stereocenters. The maximum Gasteiger partial charge on any atom is 0.140 e. The Morgan fingerprint density at radius 3 is 3.10 bits per heavy atom. The monoisotopic (exact) mass is 326 g/mol. The first kappa shape index (κ1) is 16.2. The number of hydrogen-bond acceptors (Lipinski definition) is 5. The normalized spacial score (nSPS) is 10.8. The minimum atomic E-state index is 0.467. The molecule has 114 valence electrons. The minimum absolute atomic E-state index is 0.467. The smallest absolute Gasteiger partial charge is 0.140 e. The highest BCUT2D eigenvalue weighted by molar-refractivity contribution is 7.09. The number of aromatic nitrogens is 1. The molecule has 1 aromatic carbocycles. The molecule has 0 fully saturated rings. The maximum atomic E-state index is 5.91. The summed E-state index contributed by atoms with van der Waals surface area (Å²) in [5.74, 6) is 0.761. The van der Waals surface area contributed by atoms with Crippen LogP contribution in [0.3, 0.4) is 0 Å². The summed E-state index contributed by atoms with van der Waals surface area (Å²) in [5, 5.41) is 7.03. The highest BCUT2D eigenvalue weighted by Gasteiger charge is 2.03. The highest BCUT2D eigenvalue weighted by atomic mass is 35.5. The molecule has 1 N–H and O–H groups in total. The standard InChI is InChI=1S/C15H19ClN2O2S/c1-19-7-3-6-17-9-13-11-21-15(18-13)10-20-14-5-2-4-12(16)8-14/h2,4-5,8,11,17H,3,6-7,9-10H2,1H3. The molecule has 0 bridgehead atoms. The Balaban J connectivity index is 1.72. The summed E-state index contributed by atoms with van der Waals surface area (Å²) in [6.07, 6.45) is 1.01. The molecule has 2 aromatic rings. The van der Waals surface area contributed by atoms with E-state index in [1.807, 2.05) is 18.2 Å². The van der Waals surface area contributed by atoms with E-state index in [2.05, 4.69) is 15.7 Å². The lowest BCUT2D eigenvalue weighted by Crippen LogP contribution is -2.16. The number of hydrogen-bond donors (Lipinski definition) is 1. The molecule has 1 heterocycles. The lowest BCUT2D eigenvalue weighted by molar-refractivity contribution is 0.194. The molecule has 0 amide bonds. The summed E-state index contributed by atoms with van der Waals surface area (Å²) >= 11 is 7.52. The van der Waals surface area contributed by atoms with Gasteiger partial charge in [-0.15, -0.1) is 11.3 Å². The highest BCUT2D eigenvalue weighted by Crippen LogP contribution is 2.19. The summed E-state index contributed by atoms with van der Waals surface area (Å²) in [5.41, 5.74) is 1.04. The van der Waals surface area contributed by atoms with Gasteiger partial charge in [0.2, 0.25) is 0 Å². The van der Waals surface area contributed by atoms with Crippen molar-refractivity contribution in [3.63, 3.8) is 0 Å². The summed E-state index contributed by atoms with van der Waals surface area (Å²) in [4.78, 5) is 4.53. The molecule has 1 aromatic heterocycles. The number of ether oxygens (including phenoxy) is 2. The molecule has 6 heteroatoms. The molecule has 0 atom stereocenters. The zero-order chi connectivity index (χ0) is 14.9. The number of methoxy groups -OCH3 is 1. The number of nitrogens with one attached hydrogen (secondary N) is 1. The van der Waals surface area contributed by atoms with Crippen LogP contribution in [0.1, 0.15) is 17.1 Å². The molecule has 0 aliphatic rings. The second kappa shape index (κ2) is 9.00. The van der Waals surface area contributed by atoms with Gasteiger partial charge in [0.1, 0.15) is 17.4 Å². The second-order valence-electron chi connectivity index (χ2n) is 4.50. The third kappa shape index (κ3) is 6.01. The van der Waals surface area contributed by atoms with Crippen molar-refractivity contribution < 1.29 is 9.47 Å². The predicted molar refractivity (Wildman–Crippen MR) is 86.1 cm³/mol. The summed E-state index contributed by atoms with van der Waals surface area (Å²) in [7, 11) is 1.71. The van der Waals surface area contributed by atoms with Crippen molar-refractivity contribution >= 4 is 22.9 Å². The van der Waals surface area contributed by atoms with E-state index >= 15 is 0 Å². The van der Waals surface area contributed by atoms with Crippen molar-refractivity contribution in [1.29, 1.82) is 0 Å². The van der Waals surface area contributed by atoms with Gasteiger partial charge in [0.15, 0.2) is 0 Å². The SMILES string of the molecule is COCCCNCc1csc(COc2cccc(Cl)c2)n1. The molecule has 0 saturated carbocycles. The Morgan fingerprint density at radius 1 is 1.38 bits per heavy atom. The van der Waals surface area contributed by atoms with Gasteiger partial charge in [-0.25, -0.2) is 4.98 Å². The first-order chi connectivity index (χ1) is 10.3. The predicted octanol–water partition coefficient (Wildman–Crippen LogP) is 3.50. The Labute approximate surface area is 134 Å². The van der Waals surface area contributed by atoms with E-state index in [0.29, 0.717) is 11.6 Å². The van der Waals surface area contributed by atoms with Crippen LogP contribution in [0.25, 0.3) is 0 Å². The summed E-state index contributed by atoms with van der Waals surface area (Å²) in [6.45, 7) is 2.95. The van der Waals surface area contributed by atoms with Crippen molar-refractivity contribution in [1.82, 2.24) is 10.3 Å². The van der Waals surface area contributed by atoms with E-state index in [9.17, 15) is 0 Å². The largest absolute Gasteiger partial charge is 0.486 e. The topological polar surface area (TPSA) is 43.4 Å². The zero-order valence-electron chi connectivity index (χ0n) is 12.0. The van der Waals surface area contributed by atoms with Crippen molar-refractivity contribution in [2.75, 3.05) is 20.3 Å². The molecule has 0 saturated heterocycles. The van der Waals surface area contributed by atoms with Crippen molar-refractivity contribution in [3.05, 3.63) is 45.4 Å². The second-order valence-corrected chi connectivity index (χ2v) is 5.88. The van der Waals surface area contributed by atoms with Gasteiger partial charge >= 0.3 is 0 Å². The van der Waals surface area contributed by atoms with Gasteiger partial charge in [0.05, 0.1) is 5.69 Å². The van der Waals surface area contributed by atoms with Crippen LogP contribution >= 0.6 is 22.9 Å². The molecule has 0 aliphatic carbocycles. The molecule has 2 rings (SSSR count). The fraction of sp³-hybridized carbons (Fsp3) is 0.400. The van der Waals surface area contributed by atoms with Gasteiger partial charge in [0, 0.05) is 30.7 Å². The van der Waals surface area contributed by atoms with Crippen LogP contribution in [0.2, 0.25) is 5.02 Å². The Kier molecular flexibility index (Phi) is 6.95. The molecule has 21 heavy (non-hydrogen) atoms. The molecule has 0 radical (unpaired) electrons. The van der Waals surface area contributed by atoms with Gasteiger partial charge in [-0.2, -0.15) is 0 Å². The van der Waals surface area contributed by atoms with Crippen LogP contribution in [-0.4, -0.2) is 25.2 Å². The number of thiazole rings is 1. The van der Waals surface area contributed by atoms with Crippen molar-refractivity contribution in [2.24, 2.45) is 0 Å². The van der Waals surface area contributed by atoms with Crippen LogP contribution in [0.15, 0.2) is 29.6 Å². The van der Waals surface area contributed by atoms with E-state index in [-0.39, 0.29) is 0 Å². The van der Waals surface area contributed by atoms with Crippen LogP contribution in [-0.2, 0) is 17.9 Å². The number of halogens is 1. The average Bonchev–Trinajstić information content (AvgIpc) is 2.93. The third-order valence-corrected chi connectivity index (χ3v) is 3.87. The lowest BCUT2D eigenvalue weighted by Gasteiger charge is -2.04. The van der Waals surface area contributed by atoms with Crippen molar-refractivity contribution in [3.8, 4) is 5.75 Å². The van der Waals surface area contributed by atoms with Crippen LogP contribution in [0.4, 0.5) is 0 Å². The zero-order valence-corrected chi connectivity index (χ0v) is 13.5. The molecule has 0 spiro atoms. The first-order valence-corrected chi connectivity index (χ1v) is 8.05. The van der Waals surface area contributed by atoms with E-state index in [4.69, 9.17) is 21.1 Å².